The number of benzene rings is 1. The number of fused-ring (bicyclic) bond motifs is 1. The summed E-state index contributed by atoms with van der Waals surface area (Å²) in [7, 11) is 0. The first kappa shape index (κ1) is 22.7. The Morgan fingerprint density at radius 2 is 2.04 bits per heavy atom. The smallest absolute Gasteiger partial charge is 0.257 e. The van der Waals surface area contributed by atoms with Crippen molar-refractivity contribution in [2.75, 3.05) is 45.9 Å². The first-order chi connectivity index (χ1) is 11.7. The normalized spacial score (nSPS) is 14.2. The van der Waals surface area contributed by atoms with Gasteiger partial charge < -0.3 is 15.4 Å². The predicted octanol–water partition coefficient (Wildman–Crippen LogP) is 2.13. The summed E-state index contributed by atoms with van der Waals surface area (Å²) in [6, 6.07) is 7.20. The minimum atomic E-state index is -0.135. The van der Waals surface area contributed by atoms with E-state index in [0.717, 1.165) is 38.1 Å². The van der Waals surface area contributed by atoms with Crippen LogP contribution >= 0.6 is 36.4 Å². The number of ether oxygens (including phenoxy) is 1. The lowest BCUT2D eigenvalue weighted by Crippen LogP contribution is -2.46. The number of hydrogen-bond donors (Lipinski definition) is 2. The Bertz CT molecular complexity index is 711. The minimum Gasteiger partial charge on any atom is -0.481 e. The molecule has 1 aromatic carbocycles. The molecule has 1 aliphatic rings. The van der Waals surface area contributed by atoms with Gasteiger partial charge in [0, 0.05) is 50.9 Å². The van der Waals surface area contributed by atoms with E-state index in [1.807, 2.05) is 12.1 Å². The van der Waals surface area contributed by atoms with Gasteiger partial charge in [-0.1, -0.05) is 11.6 Å². The molecule has 26 heavy (non-hydrogen) atoms. The SMILES string of the molecule is Cl.Cl.O=C(COc1ccc(Cl)c2cccnc12)NCCN1CCNCC1. The maximum atomic E-state index is 11.9. The van der Waals surface area contributed by atoms with E-state index < -0.39 is 0 Å². The number of piperazine rings is 1. The van der Waals surface area contributed by atoms with E-state index in [1.54, 1.807) is 18.3 Å². The number of amides is 1. The van der Waals surface area contributed by atoms with Gasteiger partial charge in [-0.05, 0) is 24.3 Å². The molecule has 2 N–H and O–H groups in total. The van der Waals surface area contributed by atoms with Crippen LogP contribution in [-0.2, 0) is 4.79 Å². The topological polar surface area (TPSA) is 66.5 Å². The maximum Gasteiger partial charge on any atom is 0.257 e. The molecule has 1 aliphatic heterocycles. The second-order valence-electron chi connectivity index (χ2n) is 5.68. The standard InChI is InChI=1S/C17H21ClN4O2.2ClH/c18-14-3-4-15(17-13(14)2-1-5-21-17)24-12-16(23)20-8-11-22-9-6-19-7-10-22;;/h1-5,19H,6-12H2,(H,20,23);2*1H. The first-order valence-corrected chi connectivity index (χ1v) is 8.47. The molecule has 0 atom stereocenters. The quantitative estimate of drug-likeness (QED) is 0.748. The molecule has 144 valence electrons. The van der Waals surface area contributed by atoms with E-state index in [9.17, 15) is 4.79 Å². The molecule has 0 aliphatic carbocycles. The number of hydrogen-bond acceptors (Lipinski definition) is 5. The Kier molecular flexibility index (Phi) is 9.98. The van der Waals surface area contributed by atoms with Gasteiger partial charge in [-0.2, -0.15) is 0 Å². The molecule has 9 heteroatoms. The van der Waals surface area contributed by atoms with Crippen LogP contribution in [0, 0.1) is 0 Å². The minimum absolute atomic E-state index is 0. The highest BCUT2D eigenvalue weighted by molar-refractivity contribution is 6.35. The number of halogens is 3. The summed E-state index contributed by atoms with van der Waals surface area (Å²) in [4.78, 5) is 18.6. The first-order valence-electron chi connectivity index (χ1n) is 8.10. The van der Waals surface area contributed by atoms with Gasteiger partial charge in [-0.25, -0.2) is 0 Å². The van der Waals surface area contributed by atoms with Crippen LogP contribution in [0.2, 0.25) is 5.02 Å². The molecule has 2 heterocycles. The molecule has 1 fully saturated rings. The van der Waals surface area contributed by atoms with E-state index >= 15 is 0 Å². The number of aromatic nitrogens is 1. The van der Waals surface area contributed by atoms with E-state index in [1.165, 1.54) is 0 Å². The predicted molar refractivity (Wildman–Crippen MR) is 109 cm³/mol. The average Bonchev–Trinajstić information content (AvgIpc) is 2.62. The van der Waals surface area contributed by atoms with Crippen LogP contribution in [0.15, 0.2) is 30.5 Å². The van der Waals surface area contributed by atoms with Crippen LogP contribution < -0.4 is 15.4 Å². The summed E-state index contributed by atoms with van der Waals surface area (Å²) in [5.74, 6) is 0.427. The number of nitrogens with zero attached hydrogens (tertiary/aromatic N) is 2. The van der Waals surface area contributed by atoms with Crippen LogP contribution in [-0.4, -0.2) is 61.7 Å². The summed E-state index contributed by atoms with van der Waals surface area (Å²) in [6.45, 7) is 5.51. The largest absolute Gasteiger partial charge is 0.481 e. The molecule has 6 nitrogen and oxygen atoms in total. The molecule has 1 aromatic heterocycles. The highest BCUT2D eigenvalue weighted by Gasteiger charge is 2.11. The molecule has 0 bridgehead atoms. The van der Waals surface area contributed by atoms with Gasteiger partial charge >= 0.3 is 0 Å². The van der Waals surface area contributed by atoms with Gasteiger partial charge in [0.1, 0.15) is 11.3 Å². The molecule has 0 unspecified atom stereocenters. The van der Waals surface area contributed by atoms with Crippen LogP contribution in [0.25, 0.3) is 10.9 Å². The fourth-order valence-electron chi connectivity index (χ4n) is 2.71. The third-order valence-electron chi connectivity index (χ3n) is 4.00. The lowest BCUT2D eigenvalue weighted by atomic mass is 10.2. The van der Waals surface area contributed by atoms with Crippen LogP contribution in [0.3, 0.4) is 0 Å². The van der Waals surface area contributed by atoms with Gasteiger partial charge in [0.25, 0.3) is 5.91 Å². The monoisotopic (exact) mass is 420 g/mol. The molecule has 1 saturated heterocycles. The molecule has 2 aromatic rings. The van der Waals surface area contributed by atoms with Crippen LogP contribution in [0.5, 0.6) is 5.75 Å². The summed E-state index contributed by atoms with van der Waals surface area (Å²) >= 11 is 6.15. The number of rotatable bonds is 6. The van der Waals surface area contributed by atoms with Crippen molar-refractivity contribution in [1.29, 1.82) is 0 Å². The second-order valence-corrected chi connectivity index (χ2v) is 6.08. The van der Waals surface area contributed by atoms with Crippen molar-refractivity contribution >= 4 is 53.2 Å². The van der Waals surface area contributed by atoms with Crippen molar-refractivity contribution in [1.82, 2.24) is 20.5 Å². The fourth-order valence-corrected chi connectivity index (χ4v) is 2.93. The zero-order valence-corrected chi connectivity index (χ0v) is 16.6. The zero-order chi connectivity index (χ0) is 16.8. The molecule has 1 amide bonds. The zero-order valence-electron chi connectivity index (χ0n) is 14.2. The van der Waals surface area contributed by atoms with Gasteiger partial charge in [-0.15, -0.1) is 24.8 Å². The van der Waals surface area contributed by atoms with E-state index in [0.29, 0.717) is 22.8 Å². The lowest BCUT2D eigenvalue weighted by Gasteiger charge is -2.27. The Morgan fingerprint density at radius 1 is 1.27 bits per heavy atom. The third kappa shape index (κ3) is 6.14. The highest BCUT2D eigenvalue weighted by Crippen LogP contribution is 2.29. The molecular weight excluding hydrogens is 399 g/mol. The van der Waals surface area contributed by atoms with Crippen molar-refractivity contribution in [3.63, 3.8) is 0 Å². The Hall–Kier alpha value is -1.31. The van der Waals surface area contributed by atoms with Gasteiger partial charge in [0.05, 0.1) is 5.02 Å². The van der Waals surface area contributed by atoms with Crippen molar-refractivity contribution in [3.05, 3.63) is 35.5 Å². The Balaban J connectivity index is 0.00000169. The summed E-state index contributed by atoms with van der Waals surface area (Å²) in [5, 5.41) is 7.63. The van der Waals surface area contributed by atoms with Crippen LogP contribution in [0.1, 0.15) is 0 Å². The number of nitrogens with one attached hydrogen (secondary N) is 2. The van der Waals surface area contributed by atoms with E-state index in [2.05, 4.69) is 20.5 Å². The Morgan fingerprint density at radius 3 is 2.81 bits per heavy atom. The lowest BCUT2D eigenvalue weighted by molar-refractivity contribution is -0.123. The summed E-state index contributed by atoms with van der Waals surface area (Å²) in [6.07, 6.45) is 1.68. The number of carbonyl (C=O) groups is 1. The van der Waals surface area contributed by atoms with Crippen LogP contribution in [0.4, 0.5) is 0 Å². The van der Waals surface area contributed by atoms with Gasteiger partial charge in [0.15, 0.2) is 6.61 Å². The van der Waals surface area contributed by atoms with Crippen molar-refractivity contribution in [2.45, 2.75) is 0 Å². The molecule has 0 spiro atoms. The van der Waals surface area contributed by atoms with Gasteiger partial charge in [-0.3, -0.25) is 14.7 Å². The molecule has 0 saturated carbocycles. The third-order valence-corrected chi connectivity index (χ3v) is 4.33. The maximum absolute atomic E-state index is 11.9. The number of pyridine rings is 1. The summed E-state index contributed by atoms with van der Waals surface area (Å²) < 4.78 is 5.62. The summed E-state index contributed by atoms with van der Waals surface area (Å²) in [5.41, 5.74) is 0.665. The highest BCUT2D eigenvalue weighted by atomic mass is 35.5. The van der Waals surface area contributed by atoms with Crippen molar-refractivity contribution in [2.24, 2.45) is 0 Å². The second kappa shape index (κ2) is 11.4. The molecular formula is C17H23Cl3N4O2. The van der Waals surface area contributed by atoms with E-state index in [-0.39, 0.29) is 37.3 Å². The average molecular weight is 422 g/mol. The van der Waals surface area contributed by atoms with Crippen molar-refractivity contribution in [3.8, 4) is 5.75 Å². The number of carbonyl (C=O) groups excluding carboxylic acids is 1. The van der Waals surface area contributed by atoms with Gasteiger partial charge in [0.2, 0.25) is 0 Å². The Labute approximate surface area is 170 Å². The fraction of sp³-hybridized carbons (Fsp3) is 0.412. The van der Waals surface area contributed by atoms with E-state index in [4.69, 9.17) is 16.3 Å². The molecule has 0 radical (unpaired) electrons. The van der Waals surface area contributed by atoms with Crippen molar-refractivity contribution < 1.29 is 9.53 Å². The molecule has 3 rings (SSSR count).